The van der Waals surface area contributed by atoms with Crippen LogP contribution in [0.2, 0.25) is 0 Å². The maximum atomic E-state index is 12.0. The monoisotopic (exact) mass is 435 g/mol. The zero-order valence-corrected chi connectivity index (χ0v) is 17.8. The largest absolute Gasteiger partial charge is 0.502 e. The van der Waals surface area contributed by atoms with Gasteiger partial charge in [-0.1, -0.05) is 24.3 Å². The number of amides is 1. The van der Waals surface area contributed by atoms with E-state index in [9.17, 15) is 14.7 Å². The van der Waals surface area contributed by atoms with E-state index in [0.29, 0.717) is 23.7 Å². The van der Waals surface area contributed by atoms with Gasteiger partial charge in [0.05, 0.1) is 19.1 Å². The number of hydrogen-bond donors (Lipinski definition) is 2. The summed E-state index contributed by atoms with van der Waals surface area (Å²) in [6.07, 6.45) is 1.53. The van der Waals surface area contributed by atoms with Crippen molar-refractivity contribution >= 4 is 5.91 Å². The van der Waals surface area contributed by atoms with E-state index in [4.69, 9.17) is 19.6 Å². The molecule has 166 valence electrons. The van der Waals surface area contributed by atoms with Crippen molar-refractivity contribution in [3.05, 3.63) is 87.0 Å². The van der Waals surface area contributed by atoms with Crippen molar-refractivity contribution in [3.63, 3.8) is 0 Å². The van der Waals surface area contributed by atoms with Crippen LogP contribution in [0.15, 0.2) is 57.7 Å². The molecule has 3 aromatic rings. The van der Waals surface area contributed by atoms with Crippen molar-refractivity contribution in [2.45, 2.75) is 32.1 Å². The van der Waals surface area contributed by atoms with E-state index in [1.807, 2.05) is 18.2 Å². The van der Waals surface area contributed by atoms with Crippen LogP contribution >= 0.6 is 0 Å². The molecule has 1 atom stereocenters. The highest BCUT2D eigenvalue weighted by Crippen LogP contribution is 2.34. The first-order valence-corrected chi connectivity index (χ1v) is 10.5. The Morgan fingerprint density at radius 3 is 2.88 bits per heavy atom. The number of aromatic hydroxyl groups is 1. The first-order valence-electron chi connectivity index (χ1n) is 10.5. The summed E-state index contributed by atoms with van der Waals surface area (Å²) in [4.78, 5) is 23.7. The van der Waals surface area contributed by atoms with Crippen LogP contribution in [0.25, 0.3) is 0 Å². The molecule has 0 saturated carbocycles. The molecule has 7 nitrogen and oxygen atoms in total. The van der Waals surface area contributed by atoms with Gasteiger partial charge < -0.3 is 24.7 Å². The number of nitrogens with two attached hydrogens (primary N) is 1. The number of aryl methyl sites for hydroxylation is 1. The summed E-state index contributed by atoms with van der Waals surface area (Å²) in [6, 6.07) is 14.5. The molecule has 2 heterocycles. The molecule has 1 amide bonds. The number of benzene rings is 2. The normalized spacial score (nSPS) is 13.3. The van der Waals surface area contributed by atoms with Gasteiger partial charge in [0.1, 0.15) is 17.3 Å². The van der Waals surface area contributed by atoms with Crippen LogP contribution < -0.4 is 20.6 Å². The van der Waals surface area contributed by atoms with Crippen LogP contribution in [0.4, 0.5) is 0 Å². The van der Waals surface area contributed by atoms with Gasteiger partial charge in [0.2, 0.25) is 17.1 Å². The van der Waals surface area contributed by atoms with E-state index < -0.39 is 23.0 Å². The lowest BCUT2D eigenvalue weighted by Gasteiger charge is -2.17. The van der Waals surface area contributed by atoms with Crippen LogP contribution in [0.1, 0.15) is 40.5 Å². The Bertz CT molecular complexity index is 1200. The minimum Gasteiger partial charge on any atom is -0.502 e. The maximum absolute atomic E-state index is 12.0. The fourth-order valence-corrected chi connectivity index (χ4v) is 3.93. The number of fused-ring (bicyclic) bond motifs is 1. The Morgan fingerprint density at radius 2 is 2.06 bits per heavy atom. The van der Waals surface area contributed by atoms with E-state index in [0.717, 1.165) is 25.2 Å². The second kappa shape index (κ2) is 9.18. The molecule has 1 aliphatic heterocycles. The van der Waals surface area contributed by atoms with Gasteiger partial charge in [0, 0.05) is 25.3 Å². The SMILES string of the molecule is Cc1cc(=O)c(O)c(C(CC(N)=O)c2cccc(OCCc3ccc4c(c3)CCO4)c2)o1. The first-order chi connectivity index (χ1) is 15.4. The van der Waals surface area contributed by atoms with Crippen LogP contribution in [-0.4, -0.2) is 24.2 Å². The van der Waals surface area contributed by atoms with Gasteiger partial charge in [-0.05, 0) is 41.8 Å². The lowest BCUT2D eigenvalue weighted by molar-refractivity contribution is -0.118. The minimum atomic E-state index is -0.708. The molecule has 0 bridgehead atoms. The second-order valence-corrected chi connectivity index (χ2v) is 7.87. The van der Waals surface area contributed by atoms with Gasteiger partial charge in [-0.3, -0.25) is 9.59 Å². The van der Waals surface area contributed by atoms with Crippen LogP contribution in [0.3, 0.4) is 0 Å². The van der Waals surface area contributed by atoms with Crippen LogP contribution in [0, 0.1) is 6.92 Å². The summed E-state index contributed by atoms with van der Waals surface area (Å²) in [5, 5.41) is 10.3. The molecule has 1 unspecified atom stereocenters. The number of hydrogen-bond acceptors (Lipinski definition) is 6. The summed E-state index contributed by atoms with van der Waals surface area (Å²) in [6.45, 7) is 2.80. The number of carbonyl (C=O) groups excluding carboxylic acids is 1. The smallest absolute Gasteiger partial charge is 0.227 e. The number of carbonyl (C=O) groups is 1. The van der Waals surface area contributed by atoms with Gasteiger partial charge in [-0.2, -0.15) is 0 Å². The van der Waals surface area contributed by atoms with Gasteiger partial charge in [0.15, 0.2) is 5.76 Å². The summed E-state index contributed by atoms with van der Waals surface area (Å²) in [5.74, 6) is 0.111. The third-order valence-corrected chi connectivity index (χ3v) is 5.47. The number of rotatable bonds is 8. The molecule has 1 aliphatic rings. The van der Waals surface area contributed by atoms with Crippen molar-refractivity contribution < 1.29 is 23.8 Å². The molecule has 0 saturated heterocycles. The average Bonchev–Trinajstić information content (AvgIpc) is 3.23. The molecule has 0 radical (unpaired) electrons. The Labute approximate surface area is 185 Å². The van der Waals surface area contributed by atoms with Crippen molar-refractivity contribution in [1.29, 1.82) is 0 Å². The van der Waals surface area contributed by atoms with E-state index in [2.05, 4.69) is 6.07 Å². The third kappa shape index (κ3) is 4.77. The molecular weight excluding hydrogens is 410 g/mol. The quantitative estimate of drug-likeness (QED) is 0.562. The highest BCUT2D eigenvalue weighted by Gasteiger charge is 2.25. The standard InChI is InChI=1S/C25H25NO6/c1-15-11-21(27)24(29)25(32-15)20(14-23(26)28)17-3-2-4-19(13-17)30-9-7-16-5-6-22-18(12-16)8-10-31-22/h2-6,11-13,20,29H,7-10,14H2,1H3,(H2,26,28). The second-order valence-electron chi connectivity index (χ2n) is 7.87. The number of primary amides is 1. The minimum absolute atomic E-state index is 0.0197. The van der Waals surface area contributed by atoms with E-state index >= 15 is 0 Å². The van der Waals surface area contributed by atoms with Crippen LogP contribution in [-0.2, 0) is 17.6 Å². The molecule has 32 heavy (non-hydrogen) atoms. The molecule has 2 aromatic carbocycles. The van der Waals surface area contributed by atoms with Crippen molar-refractivity contribution in [3.8, 4) is 17.2 Å². The van der Waals surface area contributed by atoms with E-state index in [1.54, 1.807) is 25.1 Å². The fourth-order valence-electron chi connectivity index (χ4n) is 3.93. The molecule has 0 spiro atoms. The zero-order chi connectivity index (χ0) is 22.7. The maximum Gasteiger partial charge on any atom is 0.227 e. The molecule has 4 rings (SSSR count). The summed E-state index contributed by atoms with van der Waals surface area (Å²) < 4.78 is 17.1. The summed E-state index contributed by atoms with van der Waals surface area (Å²) >= 11 is 0. The average molecular weight is 435 g/mol. The van der Waals surface area contributed by atoms with Crippen molar-refractivity contribution in [1.82, 2.24) is 0 Å². The predicted molar refractivity (Wildman–Crippen MR) is 118 cm³/mol. The van der Waals surface area contributed by atoms with Crippen LogP contribution in [0.5, 0.6) is 17.2 Å². The van der Waals surface area contributed by atoms with Gasteiger partial charge in [-0.15, -0.1) is 0 Å². The Balaban J connectivity index is 1.52. The molecular formula is C25H25NO6. The summed E-state index contributed by atoms with van der Waals surface area (Å²) in [7, 11) is 0. The zero-order valence-electron chi connectivity index (χ0n) is 17.8. The van der Waals surface area contributed by atoms with Crippen molar-refractivity contribution in [2.75, 3.05) is 13.2 Å². The molecule has 3 N–H and O–H groups in total. The Kier molecular flexibility index (Phi) is 6.16. The summed E-state index contributed by atoms with van der Waals surface area (Å²) in [5.41, 5.74) is 7.91. The molecule has 7 heteroatoms. The number of ether oxygens (including phenoxy) is 2. The predicted octanol–water partition coefficient (Wildman–Crippen LogP) is 3.22. The molecule has 1 aromatic heterocycles. The fraction of sp³-hybridized carbons (Fsp3) is 0.280. The highest BCUT2D eigenvalue weighted by atomic mass is 16.5. The van der Waals surface area contributed by atoms with Gasteiger partial charge in [0.25, 0.3) is 0 Å². The lowest BCUT2D eigenvalue weighted by Crippen LogP contribution is -2.18. The van der Waals surface area contributed by atoms with E-state index in [-0.39, 0.29) is 12.2 Å². The van der Waals surface area contributed by atoms with Crippen molar-refractivity contribution in [2.24, 2.45) is 5.73 Å². The highest BCUT2D eigenvalue weighted by molar-refractivity contribution is 5.75. The molecule has 0 fully saturated rings. The van der Waals surface area contributed by atoms with E-state index in [1.165, 1.54) is 17.2 Å². The van der Waals surface area contributed by atoms with Gasteiger partial charge in [-0.25, -0.2) is 0 Å². The molecule has 0 aliphatic carbocycles. The lowest BCUT2D eigenvalue weighted by atomic mass is 9.91. The topological polar surface area (TPSA) is 112 Å². The Morgan fingerprint density at radius 1 is 1.22 bits per heavy atom. The Hall–Kier alpha value is -3.74. The first kappa shape index (κ1) is 21.5. The van der Waals surface area contributed by atoms with Gasteiger partial charge >= 0.3 is 0 Å². The third-order valence-electron chi connectivity index (χ3n) is 5.47.